The Hall–Kier alpha value is -3.09. The first-order chi connectivity index (χ1) is 16.6. The molecule has 0 spiro atoms. The van der Waals surface area contributed by atoms with Crippen LogP contribution < -0.4 is 15.5 Å². The Labute approximate surface area is 203 Å². The molecule has 1 saturated carbocycles. The molecule has 0 saturated heterocycles. The summed E-state index contributed by atoms with van der Waals surface area (Å²) in [5.41, 5.74) is -3.18. The van der Waals surface area contributed by atoms with Gasteiger partial charge in [0.25, 0.3) is 5.91 Å². The number of aliphatic hydroxyl groups excluding tert-OH is 1. The zero-order chi connectivity index (χ0) is 26.8. The van der Waals surface area contributed by atoms with Crippen LogP contribution in [0, 0.1) is 6.92 Å². The second kappa shape index (κ2) is 10.5. The van der Waals surface area contributed by atoms with Crippen molar-refractivity contribution in [2.75, 3.05) is 24.3 Å². The number of anilines is 2. The van der Waals surface area contributed by atoms with Crippen LogP contribution in [-0.4, -0.2) is 47.2 Å². The van der Waals surface area contributed by atoms with Gasteiger partial charge in [-0.25, -0.2) is 4.98 Å². The minimum atomic E-state index is -5.08. The Morgan fingerprint density at radius 2 is 1.47 bits per heavy atom. The first-order valence-corrected chi connectivity index (χ1v) is 11.2. The summed E-state index contributed by atoms with van der Waals surface area (Å²) < 4.78 is 78.5. The van der Waals surface area contributed by atoms with Crippen molar-refractivity contribution in [2.45, 2.75) is 63.1 Å². The quantitative estimate of drug-likeness (QED) is 0.489. The van der Waals surface area contributed by atoms with Crippen molar-refractivity contribution in [3.05, 3.63) is 46.6 Å². The van der Waals surface area contributed by atoms with Gasteiger partial charge < -0.3 is 20.6 Å². The number of alkyl halides is 6. The van der Waals surface area contributed by atoms with Gasteiger partial charge in [0.05, 0.1) is 11.1 Å². The largest absolute Gasteiger partial charge is 0.416 e. The van der Waals surface area contributed by atoms with E-state index in [1.54, 1.807) is 4.90 Å². The topological polar surface area (TPSA) is 90.4 Å². The fraction of sp³-hybridized carbons (Fsp3) is 0.522. The first-order valence-electron chi connectivity index (χ1n) is 11.2. The van der Waals surface area contributed by atoms with Gasteiger partial charge in [0.2, 0.25) is 5.95 Å². The predicted octanol–water partition coefficient (Wildman–Crippen LogP) is 4.46. The number of rotatable bonds is 6. The molecule has 1 unspecified atom stereocenters. The van der Waals surface area contributed by atoms with E-state index >= 15 is 0 Å². The van der Waals surface area contributed by atoms with Crippen LogP contribution in [0.25, 0.3) is 0 Å². The molecule has 1 aromatic carbocycles. The van der Waals surface area contributed by atoms with Gasteiger partial charge in [0, 0.05) is 37.9 Å². The number of carbonyl (C=O) groups excluding carboxylic acids is 1. The van der Waals surface area contributed by atoms with E-state index in [1.807, 2.05) is 27.1 Å². The highest BCUT2D eigenvalue weighted by Crippen LogP contribution is 2.37. The fourth-order valence-electron chi connectivity index (χ4n) is 3.99. The molecule has 1 atom stereocenters. The van der Waals surface area contributed by atoms with Crippen LogP contribution in [0.3, 0.4) is 0 Å². The van der Waals surface area contributed by atoms with E-state index in [0.717, 1.165) is 5.69 Å². The van der Waals surface area contributed by atoms with Crippen LogP contribution in [0.15, 0.2) is 24.3 Å². The van der Waals surface area contributed by atoms with E-state index in [0.29, 0.717) is 49.6 Å². The van der Waals surface area contributed by atoms with Crippen molar-refractivity contribution in [3.8, 4) is 0 Å². The van der Waals surface area contributed by atoms with Crippen molar-refractivity contribution in [2.24, 2.45) is 0 Å². The molecule has 3 rings (SSSR count). The summed E-state index contributed by atoms with van der Waals surface area (Å²) >= 11 is 0. The molecule has 1 heterocycles. The van der Waals surface area contributed by atoms with Gasteiger partial charge in [-0.15, -0.1) is 0 Å². The third-order valence-corrected chi connectivity index (χ3v) is 5.84. The van der Waals surface area contributed by atoms with Crippen molar-refractivity contribution in [1.82, 2.24) is 15.3 Å². The summed E-state index contributed by atoms with van der Waals surface area (Å²) in [5.74, 6) is 0.149. The van der Waals surface area contributed by atoms with E-state index in [4.69, 9.17) is 0 Å². The van der Waals surface area contributed by atoms with Crippen LogP contribution in [0.4, 0.5) is 38.1 Å². The van der Waals surface area contributed by atoms with Crippen molar-refractivity contribution in [1.29, 1.82) is 0 Å². The fourth-order valence-corrected chi connectivity index (χ4v) is 3.99. The maximum Gasteiger partial charge on any atom is 0.416 e. The van der Waals surface area contributed by atoms with Crippen LogP contribution >= 0.6 is 0 Å². The minimum Gasteiger partial charge on any atom is -0.378 e. The van der Waals surface area contributed by atoms with E-state index in [-0.39, 0.29) is 18.2 Å². The molecule has 0 bridgehead atoms. The standard InChI is InChI=1S/C23H27F6N5O2/c1-12-8-18(33-21(30-12)34(2)3)31-16-4-6-17(7-5-16)32-20(36)19(35)13-9-14(22(24,25)26)11-15(10-13)23(27,28)29/h8-11,16-17,19,35H,4-7H2,1-3H3,(H,32,36)(H,30,31,33). The molecule has 1 amide bonds. The Morgan fingerprint density at radius 3 is 1.97 bits per heavy atom. The zero-order valence-corrected chi connectivity index (χ0v) is 19.8. The first kappa shape index (κ1) is 27.5. The number of aromatic nitrogens is 2. The zero-order valence-electron chi connectivity index (χ0n) is 19.8. The van der Waals surface area contributed by atoms with Gasteiger partial charge in [0.15, 0.2) is 6.10 Å². The molecule has 1 aliphatic carbocycles. The molecule has 36 heavy (non-hydrogen) atoms. The van der Waals surface area contributed by atoms with Gasteiger partial charge in [-0.3, -0.25) is 4.79 Å². The Balaban J connectivity index is 1.62. The SMILES string of the molecule is Cc1cc(NC2CCC(NC(=O)C(O)c3cc(C(F)(F)F)cc(C(F)(F)F)c3)CC2)nc(N(C)C)n1. The highest BCUT2D eigenvalue weighted by molar-refractivity contribution is 5.82. The number of hydrogen-bond donors (Lipinski definition) is 3. The molecule has 0 aliphatic heterocycles. The normalized spacial score (nSPS) is 19.5. The number of aryl methyl sites for hydroxylation is 1. The summed E-state index contributed by atoms with van der Waals surface area (Å²) in [6.45, 7) is 1.85. The second-order valence-electron chi connectivity index (χ2n) is 9.03. The lowest BCUT2D eigenvalue weighted by Crippen LogP contribution is -2.42. The highest BCUT2D eigenvalue weighted by atomic mass is 19.4. The maximum absolute atomic E-state index is 13.1. The molecule has 1 aromatic heterocycles. The molecule has 13 heteroatoms. The van der Waals surface area contributed by atoms with Crippen molar-refractivity contribution >= 4 is 17.7 Å². The van der Waals surface area contributed by atoms with Gasteiger partial charge >= 0.3 is 12.4 Å². The van der Waals surface area contributed by atoms with E-state index in [2.05, 4.69) is 20.6 Å². The molecule has 0 radical (unpaired) electrons. The molecule has 198 valence electrons. The smallest absolute Gasteiger partial charge is 0.378 e. The number of benzene rings is 1. The van der Waals surface area contributed by atoms with Crippen molar-refractivity contribution < 1.29 is 36.2 Å². The van der Waals surface area contributed by atoms with Gasteiger partial charge in [0.1, 0.15) is 5.82 Å². The lowest BCUT2D eigenvalue weighted by atomic mass is 9.90. The number of aliphatic hydroxyl groups is 1. The van der Waals surface area contributed by atoms with E-state index in [1.165, 1.54) is 0 Å². The average molecular weight is 519 g/mol. The van der Waals surface area contributed by atoms with Crippen LogP contribution in [-0.2, 0) is 17.1 Å². The second-order valence-corrected chi connectivity index (χ2v) is 9.03. The van der Waals surface area contributed by atoms with Gasteiger partial charge in [-0.2, -0.15) is 31.3 Å². The summed E-state index contributed by atoms with van der Waals surface area (Å²) in [6, 6.07) is 2.12. The third kappa shape index (κ3) is 6.99. The number of halogens is 6. The average Bonchev–Trinajstić information content (AvgIpc) is 2.78. The summed E-state index contributed by atoms with van der Waals surface area (Å²) in [5, 5.41) is 16.1. The lowest BCUT2D eigenvalue weighted by Gasteiger charge is -2.30. The summed E-state index contributed by atoms with van der Waals surface area (Å²) in [6.07, 6.45) is -10.1. The lowest BCUT2D eigenvalue weighted by molar-refractivity contribution is -0.143. The summed E-state index contributed by atoms with van der Waals surface area (Å²) in [7, 11) is 3.65. The molecule has 3 N–H and O–H groups in total. The number of carbonyl (C=O) groups is 1. The monoisotopic (exact) mass is 519 g/mol. The number of nitrogens with one attached hydrogen (secondary N) is 2. The number of hydrogen-bond acceptors (Lipinski definition) is 6. The summed E-state index contributed by atoms with van der Waals surface area (Å²) in [4.78, 5) is 23.0. The van der Waals surface area contributed by atoms with Crippen LogP contribution in [0.2, 0.25) is 0 Å². The van der Waals surface area contributed by atoms with Crippen LogP contribution in [0.5, 0.6) is 0 Å². The van der Waals surface area contributed by atoms with E-state index < -0.39 is 41.1 Å². The molecule has 2 aromatic rings. The highest BCUT2D eigenvalue weighted by Gasteiger charge is 2.38. The Kier molecular flexibility index (Phi) is 8.01. The van der Waals surface area contributed by atoms with Crippen LogP contribution in [0.1, 0.15) is 54.2 Å². The van der Waals surface area contributed by atoms with Gasteiger partial charge in [-0.1, -0.05) is 0 Å². The molecule has 1 fully saturated rings. The number of amides is 1. The Bertz CT molecular complexity index is 1050. The maximum atomic E-state index is 13.1. The Morgan fingerprint density at radius 1 is 0.944 bits per heavy atom. The third-order valence-electron chi connectivity index (χ3n) is 5.84. The van der Waals surface area contributed by atoms with E-state index in [9.17, 15) is 36.2 Å². The molecular weight excluding hydrogens is 492 g/mol. The predicted molar refractivity (Wildman–Crippen MR) is 120 cm³/mol. The minimum absolute atomic E-state index is 0.0465. The molecular formula is C23H27F6N5O2. The number of nitrogens with zero attached hydrogens (tertiary/aromatic N) is 3. The van der Waals surface area contributed by atoms with Crippen molar-refractivity contribution in [3.63, 3.8) is 0 Å². The molecule has 7 nitrogen and oxygen atoms in total. The van der Waals surface area contributed by atoms with Gasteiger partial charge in [-0.05, 0) is 56.4 Å². The molecule has 1 aliphatic rings.